The minimum Gasteiger partial charge on any atom is -0.311 e. The summed E-state index contributed by atoms with van der Waals surface area (Å²) >= 11 is 0. The lowest BCUT2D eigenvalue weighted by Gasteiger charge is -2.27. The monoisotopic (exact) mass is 235 g/mol. The first-order chi connectivity index (χ1) is 8.27. The van der Waals surface area contributed by atoms with Crippen molar-refractivity contribution in [1.29, 1.82) is 0 Å². The number of hydrogen-bond acceptors (Lipinski definition) is 2. The van der Waals surface area contributed by atoms with Crippen molar-refractivity contribution in [2.45, 2.75) is 52.1 Å². The Morgan fingerprint density at radius 3 is 2.94 bits per heavy atom. The highest BCUT2D eigenvalue weighted by Gasteiger charge is 2.32. The third kappa shape index (κ3) is 2.54. The SMILES string of the molecule is CCCn1nccc1C(NC)C1CCCC1C. The van der Waals surface area contributed by atoms with Crippen molar-refractivity contribution in [3.8, 4) is 0 Å². The zero-order valence-electron chi connectivity index (χ0n) is 11.3. The zero-order valence-corrected chi connectivity index (χ0v) is 11.3. The van der Waals surface area contributed by atoms with E-state index in [1.54, 1.807) is 0 Å². The van der Waals surface area contributed by atoms with Crippen LogP contribution in [-0.4, -0.2) is 16.8 Å². The van der Waals surface area contributed by atoms with Crippen molar-refractivity contribution in [3.05, 3.63) is 18.0 Å². The molecular formula is C14H25N3. The molecular weight excluding hydrogens is 210 g/mol. The van der Waals surface area contributed by atoms with Gasteiger partial charge in [0.15, 0.2) is 0 Å². The highest BCUT2D eigenvalue weighted by Crippen LogP contribution is 2.39. The third-order valence-electron chi connectivity index (χ3n) is 4.17. The largest absolute Gasteiger partial charge is 0.311 e. The van der Waals surface area contributed by atoms with Crippen LogP contribution in [0.1, 0.15) is 51.3 Å². The molecule has 0 aromatic carbocycles. The highest BCUT2D eigenvalue weighted by atomic mass is 15.3. The van der Waals surface area contributed by atoms with Crippen LogP contribution in [-0.2, 0) is 6.54 Å². The molecule has 3 unspecified atom stereocenters. The van der Waals surface area contributed by atoms with E-state index in [4.69, 9.17) is 0 Å². The summed E-state index contributed by atoms with van der Waals surface area (Å²) in [5, 5.41) is 7.96. The Kier molecular flexibility index (Phi) is 4.21. The van der Waals surface area contributed by atoms with Crippen LogP contribution in [0.2, 0.25) is 0 Å². The summed E-state index contributed by atoms with van der Waals surface area (Å²) in [7, 11) is 2.08. The lowest BCUT2D eigenvalue weighted by Crippen LogP contribution is -2.29. The predicted molar refractivity (Wildman–Crippen MR) is 70.8 cm³/mol. The van der Waals surface area contributed by atoms with Gasteiger partial charge in [0.05, 0.1) is 11.7 Å². The van der Waals surface area contributed by atoms with E-state index in [-0.39, 0.29) is 0 Å². The fourth-order valence-electron chi connectivity index (χ4n) is 3.26. The van der Waals surface area contributed by atoms with Gasteiger partial charge in [0.25, 0.3) is 0 Å². The van der Waals surface area contributed by atoms with Crippen molar-refractivity contribution >= 4 is 0 Å². The van der Waals surface area contributed by atoms with Gasteiger partial charge in [0, 0.05) is 12.7 Å². The Morgan fingerprint density at radius 1 is 1.53 bits per heavy atom. The maximum Gasteiger partial charge on any atom is 0.0556 e. The number of nitrogens with one attached hydrogen (secondary N) is 1. The lowest BCUT2D eigenvalue weighted by atomic mass is 9.88. The van der Waals surface area contributed by atoms with Crippen LogP contribution in [0.3, 0.4) is 0 Å². The first kappa shape index (κ1) is 12.6. The molecule has 1 aliphatic rings. The summed E-state index contributed by atoms with van der Waals surface area (Å²) in [5.41, 5.74) is 1.37. The van der Waals surface area contributed by atoms with Crippen molar-refractivity contribution in [3.63, 3.8) is 0 Å². The number of rotatable bonds is 5. The maximum atomic E-state index is 4.45. The van der Waals surface area contributed by atoms with Crippen LogP contribution >= 0.6 is 0 Å². The Hall–Kier alpha value is -0.830. The average Bonchev–Trinajstić information content (AvgIpc) is 2.92. The van der Waals surface area contributed by atoms with E-state index in [9.17, 15) is 0 Å². The second-order valence-corrected chi connectivity index (χ2v) is 5.32. The van der Waals surface area contributed by atoms with Gasteiger partial charge in [-0.15, -0.1) is 0 Å². The standard InChI is InChI=1S/C14H25N3/c1-4-10-17-13(8-9-16-17)14(15-3)12-7-5-6-11(12)2/h8-9,11-12,14-15H,4-7,10H2,1-3H3. The van der Waals surface area contributed by atoms with Crippen LogP contribution in [0.25, 0.3) is 0 Å². The topological polar surface area (TPSA) is 29.9 Å². The Balaban J connectivity index is 2.19. The molecule has 1 aliphatic carbocycles. The molecule has 2 rings (SSSR count). The second kappa shape index (κ2) is 5.67. The molecule has 3 nitrogen and oxygen atoms in total. The van der Waals surface area contributed by atoms with Crippen molar-refractivity contribution in [1.82, 2.24) is 15.1 Å². The molecule has 1 aromatic heterocycles. The smallest absolute Gasteiger partial charge is 0.0556 e. The van der Waals surface area contributed by atoms with E-state index >= 15 is 0 Å². The van der Waals surface area contributed by atoms with Gasteiger partial charge in [0.1, 0.15) is 0 Å². The molecule has 0 amide bonds. The van der Waals surface area contributed by atoms with Crippen LogP contribution < -0.4 is 5.32 Å². The fraction of sp³-hybridized carbons (Fsp3) is 0.786. The van der Waals surface area contributed by atoms with E-state index in [2.05, 4.69) is 42.1 Å². The molecule has 0 radical (unpaired) electrons. The van der Waals surface area contributed by atoms with Crippen LogP contribution in [0.5, 0.6) is 0 Å². The fourth-order valence-corrected chi connectivity index (χ4v) is 3.26. The van der Waals surface area contributed by atoms with Gasteiger partial charge in [-0.3, -0.25) is 4.68 Å². The molecule has 3 atom stereocenters. The molecule has 96 valence electrons. The van der Waals surface area contributed by atoms with Gasteiger partial charge in [0.2, 0.25) is 0 Å². The minimum absolute atomic E-state index is 0.474. The Morgan fingerprint density at radius 2 is 2.35 bits per heavy atom. The van der Waals surface area contributed by atoms with E-state index in [0.29, 0.717) is 6.04 Å². The van der Waals surface area contributed by atoms with Gasteiger partial charge in [-0.05, 0) is 37.8 Å². The maximum absolute atomic E-state index is 4.45. The van der Waals surface area contributed by atoms with Gasteiger partial charge in [-0.2, -0.15) is 5.10 Å². The molecule has 0 bridgehead atoms. The molecule has 1 fully saturated rings. The van der Waals surface area contributed by atoms with Crippen molar-refractivity contribution < 1.29 is 0 Å². The number of aryl methyl sites for hydroxylation is 1. The molecule has 0 aliphatic heterocycles. The zero-order chi connectivity index (χ0) is 12.3. The molecule has 1 saturated carbocycles. The molecule has 0 spiro atoms. The van der Waals surface area contributed by atoms with Crippen molar-refractivity contribution in [2.24, 2.45) is 11.8 Å². The first-order valence-corrected chi connectivity index (χ1v) is 6.97. The number of nitrogens with zero attached hydrogens (tertiary/aromatic N) is 2. The lowest BCUT2D eigenvalue weighted by molar-refractivity contribution is 0.300. The normalized spacial score (nSPS) is 26.3. The summed E-state index contributed by atoms with van der Waals surface area (Å²) in [6.07, 6.45) is 7.20. The van der Waals surface area contributed by atoms with E-state index in [1.165, 1.54) is 25.0 Å². The Bertz CT molecular complexity index is 345. The summed E-state index contributed by atoms with van der Waals surface area (Å²) in [6, 6.07) is 2.66. The molecule has 1 aromatic rings. The van der Waals surface area contributed by atoms with Gasteiger partial charge >= 0.3 is 0 Å². The van der Waals surface area contributed by atoms with E-state index < -0.39 is 0 Å². The molecule has 17 heavy (non-hydrogen) atoms. The molecule has 1 N–H and O–H groups in total. The van der Waals surface area contributed by atoms with Crippen LogP contribution in [0.4, 0.5) is 0 Å². The van der Waals surface area contributed by atoms with Crippen LogP contribution in [0.15, 0.2) is 12.3 Å². The van der Waals surface area contributed by atoms with Gasteiger partial charge in [-0.1, -0.05) is 26.7 Å². The summed E-state index contributed by atoms with van der Waals surface area (Å²) in [4.78, 5) is 0. The molecule has 0 saturated heterocycles. The van der Waals surface area contributed by atoms with Crippen molar-refractivity contribution in [2.75, 3.05) is 7.05 Å². The second-order valence-electron chi connectivity index (χ2n) is 5.32. The third-order valence-corrected chi connectivity index (χ3v) is 4.17. The molecule has 3 heteroatoms. The average molecular weight is 235 g/mol. The predicted octanol–water partition coefficient (Wildman–Crippen LogP) is 2.99. The number of aromatic nitrogens is 2. The highest BCUT2D eigenvalue weighted by molar-refractivity contribution is 5.10. The summed E-state index contributed by atoms with van der Waals surface area (Å²) in [5.74, 6) is 1.60. The van der Waals surface area contributed by atoms with Crippen LogP contribution in [0, 0.1) is 11.8 Å². The quantitative estimate of drug-likeness (QED) is 0.850. The van der Waals surface area contributed by atoms with Gasteiger partial charge in [-0.25, -0.2) is 0 Å². The summed E-state index contributed by atoms with van der Waals surface area (Å²) < 4.78 is 2.17. The van der Waals surface area contributed by atoms with E-state index in [1.807, 2.05) is 6.20 Å². The Labute approximate surface area is 105 Å². The number of hydrogen-bond donors (Lipinski definition) is 1. The minimum atomic E-state index is 0.474. The van der Waals surface area contributed by atoms with Gasteiger partial charge < -0.3 is 5.32 Å². The molecule has 1 heterocycles. The first-order valence-electron chi connectivity index (χ1n) is 6.97. The summed E-state index contributed by atoms with van der Waals surface area (Å²) in [6.45, 7) is 5.63. The van der Waals surface area contributed by atoms with E-state index in [0.717, 1.165) is 24.8 Å².